The number of halogens is 1. The third-order valence-electron chi connectivity index (χ3n) is 5.36. The SMILES string of the molecule is CO[C@@H]1CCC2(c3cc([N+](=O)[O-])ccc3F)N=C(NC(=O)OC(C)(C)C)SC[C@@H]2C1. The number of nitrogens with zero attached hydrogens (tertiary/aromatic N) is 2. The third-order valence-corrected chi connectivity index (χ3v) is 6.40. The predicted octanol–water partition coefficient (Wildman–Crippen LogP) is 4.37. The van der Waals surface area contributed by atoms with Crippen LogP contribution >= 0.6 is 11.8 Å². The van der Waals surface area contributed by atoms with Gasteiger partial charge < -0.3 is 9.47 Å². The van der Waals surface area contributed by atoms with Crippen LogP contribution in [0.4, 0.5) is 14.9 Å². The zero-order valence-corrected chi connectivity index (χ0v) is 18.3. The van der Waals surface area contributed by atoms with Gasteiger partial charge >= 0.3 is 6.09 Å². The average Bonchev–Trinajstić information content (AvgIpc) is 2.66. The van der Waals surface area contributed by atoms with Gasteiger partial charge in [-0.1, -0.05) is 11.8 Å². The molecule has 1 amide bonds. The van der Waals surface area contributed by atoms with Gasteiger partial charge in [-0.2, -0.15) is 0 Å². The maximum absolute atomic E-state index is 14.9. The van der Waals surface area contributed by atoms with Crippen LogP contribution in [0, 0.1) is 21.8 Å². The van der Waals surface area contributed by atoms with E-state index < -0.39 is 28.0 Å². The van der Waals surface area contributed by atoms with Crippen molar-refractivity contribution in [3.8, 4) is 0 Å². The second kappa shape index (κ2) is 8.50. The van der Waals surface area contributed by atoms with Gasteiger partial charge in [-0.3, -0.25) is 20.4 Å². The summed E-state index contributed by atoms with van der Waals surface area (Å²) in [6.45, 7) is 5.26. The highest BCUT2D eigenvalue weighted by Crippen LogP contribution is 2.50. The van der Waals surface area contributed by atoms with Crippen molar-refractivity contribution in [2.24, 2.45) is 10.9 Å². The number of hydrogen-bond acceptors (Lipinski definition) is 7. The smallest absolute Gasteiger partial charge is 0.413 e. The number of fused-ring (bicyclic) bond motifs is 1. The van der Waals surface area contributed by atoms with Crippen molar-refractivity contribution in [2.45, 2.75) is 57.3 Å². The second-order valence-electron chi connectivity index (χ2n) is 8.53. The predicted molar refractivity (Wildman–Crippen MR) is 112 cm³/mol. The minimum atomic E-state index is -1.01. The van der Waals surface area contributed by atoms with Crippen molar-refractivity contribution in [3.05, 3.63) is 39.7 Å². The maximum atomic E-state index is 14.9. The molecule has 3 atom stereocenters. The molecule has 1 N–H and O–H groups in total. The zero-order valence-electron chi connectivity index (χ0n) is 17.4. The number of methoxy groups -OCH3 is 1. The van der Waals surface area contributed by atoms with Crippen molar-refractivity contribution in [3.63, 3.8) is 0 Å². The van der Waals surface area contributed by atoms with E-state index in [1.807, 2.05) is 0 Å². The average molecular weight is 440 g/mol. The number of amides is 1. The molecule has 10 heteroatoms. The molecule has 164 valence electrons. The number of aliphatic imine (C=N–C) groups is 1. The van der Waals surface area contributed by atoms with E-state index in [-0.39, 0.29) is 23.3 Å². The molecule has 1 aliphatic heterocycles. The van der Waals surface area contributed by atoms with Gasteiger partial charge in [0.2, 0.25) is 0 Å². The lowest BCUT2D eigenvalue weighted by Gasteiger charge is -2.46. The topological polar surface area (TPSA) is 103 Å². The van der Waals surface area contributed by atoms with Crippen LogP contribution in [0.3, 0.4) is 0 Å². The molecule has 0 spiro atoms. The minimum absolute atomic E-state index is 0.0149. The summed E-state index contributed by atoms with van der Waals surface area (Å²) < 4.78 is 25.7. The fourth-order valence-electron chi connectivity index (χ4n) is 4.00. The molecule has 8 nitrogen and oxygen atoms in total. The zero-order chi connectivity index (χ0) is 22.1. The molecule has 1 aliphatic carbocycles. The van der Waals surface area contributed by atoms with E-state index in [1.54, 1.807) is 27.9 Å². The van der Waals surface area contributed by atoms with Gasteiger partial charge in [-0.05, 0) is 46.1 Å². The molecule has 1 saturated carbocycles. The Hall–Kier alpha value is -2.20. The molecule has 3 rings (SSSR count). The number of nitro benzene ring substituents is 1. The van der Waals surface area contributed by atoms with Gasteiger partial charge in [0, 0.05) is 36.5 Å². The summed E-state index contributed by atoms with van der Waals surface area (Å²) >= 11 is 1.35. The Balaban J connectivity index is 2.02. The second-order valence-corrected chi connectivity index (χ2v) is 9.54. The highest BCUT2D eigenvalue weighted by atomic mass is 32.2. The molecule has 1 heterocycles. The van der Waals surface area contributed by atoms with E-state index in [2.05, 4.69) is 5.32 Å². The molecule has 1 unspecified atom stereocenters. The van der Waals surface area contributed by atoms with Crippen LogP contribution in [0.1, 0.15) is 45.6 Å². The number of carbonyl (C=O) groups is 1. The van der Waals surface area contributed by atoms with Crippen LogP contribution in [0.2, 0.25) is 0 Å². The number of benzene rings is 1. The molecule has 2 aliphatic rings. The summed E-state index contributed by atoms with van der Waals surface area (Å²) in [5.41, 5.74) is -1.70. The van der Waals surface area contributed by atoms with Gasteiger partial charge in [0.1, 0.15) is 11.4 Å². The maximum Gasteiger partial charge on any atom is 0.413 e. The number of non-ortho nitro benzene ring substituents is 1. The van der Waals surface area contributed by atoms with Crippen molar-refractivity contribution >= 4 is 28.7 Å². The highest BCUT2D eigenvalue weighted by molar-refractivity contribution is 8.13. The molecule has 30 heavy (non-hydrogen) atoms. The number of amidine groups is 1. The number of ether oxygens (including phenoxy) is 2. The molecule has 0 bridgehead atoms. The van der Waals surface area contributed by atoms with Gasteiger partial charge in [-0.15, -0.1) is 0 Å². The van der Waals surface area contributed by atoms with Crippen molar-refractivity contribution in [1.82, 2.24) is 5.32 Å². The lowest BCUT2D eigenvalue weighted by Crippen LogP contribution is -2.48. The quantitative estimate of drug-likeness (QED) is 0.554. The number of hydrogen-bond donors (Lipinski definition) is 1. The fraction of sp³-hybridized carbons (Fsp3) is 0.600. The van der Waals surface area contributed by atoms with Crippen LogP contribution in [-0.4, -0.2) is 40.8 Å². The fourth-order valence-corrected chi connectivity index (χ4v) is 5.16. The summed E-state index contributed by atoms with van der Waals surface area (Å²) in [6.07, 6.45) is 1.10. The summed E-state index contributed by atoms with van der Waals surface area (Å²) in [6, 6.07) is 3.52. The van der Waals surface area contributed by atoms with Gasteiger partial charge in [0.25, 0.3) is 5.69 Å². The van der Waals surface area contributed by atoms with Gasteiger partial charge in [0.05, 0.1) is 16.6 Å². The first-order chi connectivity index (χ1) is 14.0. The van der Waals surface area contributed by atoms with Crippen molar-refractivity contribution in [2.75, 3.05) is 12.9 Å². The van der Waals surface area contributed by atoms with E-state index in [1.165, 1.54) is 17.8 Å². The lowest BCUT2D eigenvalue weighted by molar-refractivity contribution is -0.385. The van der Waals surface area contributed by atoms with Crippen molar-refractivity contribution in [1.29, 1.82) is 0 Å². The number of nitro groups is 1. The molecule has 0 aromatic heterocycles. The largest absolute Gasteiger partial charge is 0.444 e. The Labute approximate surface area is 178 Å². The Morgan fingerprint density at radius 1 is 1.43 bits per heavy atom. The Kier molecular flexibility index (Phi) is 6.37. The number of alkyl carbamates (subject to hydrolysis) is 1. The molecular weight excluding hydrogens is 413 g/mol. The molecule has 1 fully saturated rings. The molecule has 0 saturated heterocycles. The molecule has 0 radical (unpaired) electrons. The van der Waals surface area contributed by atoms with E-state index in [0.29, 0.717) is 30.2 Å². The summed E-state index contributed by atoms with van der Waals surface area (Å²) in [4.78, 5) is 27.7. The summed E-state index contributed by atoms with van der Waals surface area (Å²) in [7, 11) is 1.64. The van der Waals surface area contributed by atoms with E-state index in [4.69, 9.17) is 14.5 Å². The van der Waals surface area contributed by atoms with Crippen LogP contribution < -0.4 is 5.32 Å². The van der Waals surface area contributed by atoms with Crippen LogP contribution in [0.25, 0.3) is 0 Å². The summed E-state index contributed by atoms with van der Waals surface area (Å²) in [5.74, 6) is -0.0768. The Morgan fingerprint density at radius 3 is 2.80 bits per heavy atom. The van der Waals surface area contributed by atoms with Crippen LogP contribution in [0.15, 0.2) is 23.2 Å². The minimum Gasteiger partial charge on any atom is -0.444 e. The monoisotopic (exact) mass is 439 g/mol. The highest BCUT2D eigenvalue weighted by Gasteiger charge is 2.49. The molecule has 1 aromatic carbocycles. The number of carbonyl (C=O) groups excluding carboxylic acids is 1. The van der Waals surface area contributed by atoms with E-state index in [0.717, 1.165) is 12.1 Å². The summed E-state index contributed by atoms with van der Waals surface area (Å²) in [5, 5.41) is 14.3. The Morgan fingerprint density at radius 2 is 2.17 bits per heavy atom. The number of rotatable bonds is 3. The first kappa shape index (κ1) is 22.5. The standard InChI is InChI=1S/C20H26FN3O5S/c1-19(2,3)29-18(25)22-17-23-20(8-7-14(28-4)9-12(20)11-30-17)15-10-13(24(26)27)5-6-16(15)21/h5-6,10,12,14H,7-9,11H2,1-4H3,(H,22,23,25)/t12-,14+,20?/m0/s1. The van der Waals surface area contributed by atoms with E-state index >= 15 is 0 Å². The number of thioether (sulfide) groups is 1. The van der Waals surface area contributed by atoms with Gasteiger partial charge in [0.15, 0.2) is 5.17 Å². The number of nitrogens with one attached hydrogen (secondary N) is 1. The first-order valence-corrected chi connectivity index (χ1v) is 10.7. The van der Waals surface area contributed by atoms with Gasteiger partial charge in [-0.25, -0.2) is 9.18 Å². The van der Waals surface area contributed by atoms with Crippen LogP contribution in [-0.2, 0) is 15.0 Å². The Bertz CT molecular complexity index is 872. The van der Waals surface area contributed by atoms with Crippen LogP contribution in [0.5, 0.6) is 0 Å². The van der Waals surface area contributed by atoms with Crippen molar-refractivity contribution < 1.29 is 23.6 Å². The normalized spacial score (nSPS) is 26.4. The molecule has 1 aromatic rings. The first-order valence-electron chi connectivity index (χ1n) is 9.74. The van der Waals surface area contributed by atoms with E-state index in [9.17, 15) is 19.3 Å². The third kappa shape index (κ3) is 4.75. The lowest BCUT2D eigenvalue weighted by atomic mass is 9.68. The molecular formula is C20H26FN3O5S.